The highest BCUT2D eigenvalue weighted by molar-refractivity contribution is 5.67. The van der Waals surface area contributed by atoms with E-state index >= 15 is 0 Å². The molecule has 0 saturated heterocycles. The summed E-state index contributed by atoms with van der Waals surface area (Å²) in [5.41, 5.74) is 3.86. The second kappa shape index (κ2) is 11.8. The Hall–Kier alpha value is -3.12. The number of ether oxygens (including phenoxy) is 2. The maximum atomic E-state index is 11.1. The Balaban J connectivity index is 1.38. The van der Waals surface area contributed by atoms with Crippen LogP contribution in [-0.2, 0) is 29.0 Å². The van der Waals surface area contributed by atoms with Gasteiger partial charge in [-0.25, -0.2) is 4.98 Å². The van der Waals surface area contributed by atoms with E-state index < -0.39 is 5.97 Å². The minimum atomic E-state index is -0.794. The summed E-state index contributed by atoms with van der Waals surface area (Å²) in [6, 6.07) is 15.7. The number of aryl methyl sites for hydroxylation is 2. The van der Waals surface area contributed by atoms with Gasteiger partial charge < -0.3 is 19.0 Å². The van der Waals surface area contributed by atoms with Crippen molar-refractivity contribution in [2.45, 2.75) is 71.0 Å². The molecule has 1 saturated carbocycles. The van der Waals surface area contributed by atoms with Gasteiger partial charge in [0.05, 0.1) is 25.0 Å². The average Bonchev–Trinajstić information content (AvgIpc) is 3.23. The van der Waals surface area contributed by atoms with Crippen LogP contribution in [0.15, 0.2) is 52.9 Å². The largest absolute Gasteiger partial charge is 0.493 e. The van der Waals surface area contributed by atoms with Crippen LogP contribution in [0.5, 0.6) is 5.75 Å². The van der Waals surface area contributed by atoms with E-state index in [4.69, 9.17) is 19.0 Å². The highest BCUT2D eigenvalue weighted by Crippen LogP contribution is 2.26. The number of nitrogens with zero attached hydrogens (tertiary/aromatic N) is 1. The summed E-state index contributed by atoms with van der Waals surface area (Å²) in [5, 5.41) is 9.11. The Morgan fingerprint density at radius 3 is 2.62 bits per heavy atom. The van der Waals surface area contributed by atoms with Crippen LogP contribution in [0.3, 0.4) is 0 Å². The Morgan fingerprint density at radius 1 is 1.06 bits per heavy atom. The van der Waals surface area contributed by atoms with Crippen molar-refractivity contribution in [3.63, 3.8) is 0 Å². The molecule has 3 aromatic rings. The zero-order chi connectivity index (χ0) is 23.8. The molecular weight excluding hydrogens is 430 g/mol. The zero-order valence-electron chi connectivity index (χ0n) is 19.8. The van der Waals surface area contributed by atoms with E-state index in [-0.39, 0.29) is 6.42 Å². The third-order valence-corrected chi connectivity index (χ3v) is 6.33. The molecule has 4 rings (SSSR count). The normalized spacial score (nSPS) is 14.3. The maximum Gasteiger partial charge on any atom is 0.303 e. The number of benzene rings is 2. The van der Waals surface area contributed by atoms with E-state index in [0.29, 0.717) is 38.1 Å². The van der Waals surface area contributed by atoms with E-state index in [1.165, 1.54) is 19.3 Å². The van der Waals surface area contributed by atoms with Gasteiger partial charge in [-0.3, -0.25) is 4.79 Å². The molecule has 0 radical (unpaired) electrons. The Morgan fingerprint density at radius 2 is 1.85 bits per heavy atom. The molecule has 0 spiro atoms. The summed E-state index contributed by atoms with van der Waals surface area (Å²) in [5.74, 6) is 1.38. The van der Waals surface area contributed by atoms with Crippen molar-refractivity contribution in [1.82, 2.24) is 4.98 Å². The van der Waals surface area contributed by atoms with Gasteiger partial charge in [0.25, 0.3) is 0 Å². The molecule has 6 heteroatoms. The Bertz CT molecular complexity index is 1070. The van der Waals surface area contributed by atoms with Gasteiger partial charge in [0, 0.05) is 18.4 Å². The number of hydrogen-bond acceptors (Lipinski definition) is 5. The van der Waals surface area contributed by atoms with E-state index in [0.717, 1.165) is 46.7 Å². The summed E-state index contributed by atoms with van der Waals surface area (Å²) in [7, 11) is 0. The maximum absolute atomic E-state index is 11.1. The van der Waals surface area contributed by atoms with Crippen LogP contribution in [0, 0.1) is 6.92 Å². The molecule has 1 aliphatic rings. The van der Waals surface area contributed by atoms with Crippen LogP contribution in [0.2, 0.25) is 0 Å². The number of carboxylic acids is 1. The molecule has 180 valence electrons. The second-order valence-corrected chi connectivity index (χ2v) is 8.88. The molecule has 0 atom stereocenters. The summed E-state index contributed by atoms with van der Waals surface area (Å²) in [6.45, 7) is 2.88. The van der Waals surface area contributed by atoms with Crippen molar-refractivity contribution in [3.8, 4) is 17.2 Å². The fraction of sp³-hybridized carbons (Fsp3) is 0.429. The number of aliphatic carboxylic acids is 1. The van der Waals surface area contributed by atoms with E-state index in [1.54, 1.807) is 0 Å². The van der Waals surface area contributed by atoms with Crippen LogP contribution in [0.25, 0.3) is 11.5 Å². The van der Waals surface area contributed by atoms with Crippen LogP contribution in [0.4, 0.5) is 0 Å². The minimum absolute atomic E-state index is 0.103. The molecule has 6 nitrogen and oxygen atoms in total. The van der Waals surface area contributed by atoms with E-state index in [2.05, 4.69) is 4.98 Å². The van der Waals surface area contributed by atoms with Crippen molar-refractivity contribution in [3.05, 3.63) is 71.1 Å². The van der Waals surface area contributed by atoms with Gasteiger partial charge in [-0.05, 0) is 61.6 Å². The van der Waals surface area contributed by atoms with Gasteiger partial charge in [0.2, 0.25) is 5.89 Å². The first-order valence-electron chi connectivity index (χ1n) is 12.2. The molecular formula is C28H33NO5. The fourth-order valence-electron chi connectivity index (χ4n) is 4.38. The molecule has 0 aliphatic heterocycles. The third-order valence-electron chi connectivity index (χ3n) is 6.33. The Labute approximate surface area is 200 Å². The van der Waals surface area contributed by atoms with E-state index in [1.807, 2.05) is 55.5 Å². The van der Waals surface area contributed by atoms with Gasteiger partial charge in [-0.15, -0.1) is 0 Å². The SMILES string of the molecule is Cc1oc(-c2ccccc2)nc1CCOc1ccc(CCC(=O)O)c(COC2CCCCC2)c1. The summed E-state index contributed by atoms with van der Waals surface area (Å²) in [4.78, 5) is 15.7. The first kappa shape index (κ1) is 24.0. The molecule has 0 bridgehead atoms. The summed E-state index contributed by atoms with van der Waals surface area (Å²) in [6.07, 6.45) is 7.43. The second-order valence-electron chi connectivity index (χ2n) is 8.88. The minimum Gasteiger partial charge on any atom is -0.493 e. The van der Waals surface area contributed by atoms with Gasteiger partial charge in [0.15, 0.2) is 0 Å². The number of rotatable bonds is 11. The smallest absolute Gasteiger partial charge is 0.303 e. The molecule has 0 amide bonds. The highest BCUT2D eigenvalue weighted by atomic mass is 16.5. The average molecular weight is 464 g/mol. The molecule has 1 N–H and O–H groups in total. The van der Waals surface area contributed by atoms with Gasteiger partial charge in [-0.2, -0.15) is 0 Å². The van der Waals surface area contributed by atoms with Gasteiger partial charge in [0.1, 0.15) is 11.5 Å². The number of carbonyl (C=O) groups is 1. The van der Waals surface area contributed by atoms with E-state index in [9.17, 15) is 4.79 Å². The number of aromatic nitrogens is 1. The predicted molar refractivity (Wildman–Crippen MR) is 130 cm³/mol. The van der Waals surface area contributed by atoms with Gasteiger partial charge in [-0.1, -0.05) is 43.5 Å². The van der Waals surface area contributed by atoms with Crippen molar-refractivity contribution in [1.29, 1.82) is 0 Å². The summed E-state index contributed by atoms with van der Waals surface area (Å²) >= 11 is 0. The molecule has 2 aromatic carbocycles. The number of carboxylic acid groups (broad SMARTS) is 1. The van der Waals surface area contributed by atoms with Crippen molar-refractivity contribution < 1.29 is 23.8 Å². The molecule has 1 aliphatic carbocycles. The standard InChI is InChI=1S/C28H33NO5/c1-20-26(29-28(34-20)22-8-4-2-5-9-22)16-17-32-25-14-12-21(13-15-27(30)31)23(18-25)19-33-24-10-6-3-7-11-24/h2,4-5,8-9,12,14,18,24H,3,6-7,10-11,13,15-17,19H2,1H3,(H,30,31). The Kier molecular flexibility index (Phi) is 8.36. The molecule has 0 unspecified atom stereocenters. The van der Waals surface area contributed by atoms with Gasteiger partial charge >= 0.3 is 5.97 Å². The van der Waals surface area contributed by atoms with Crippen molar-refractivity contribution in [2.24, 2.45) is 0 Å². The van der Waals surface area contributed by atoms with Crippen LogP contribution in [0.1, 0.15) is 61.1 Å². The highest BCUT2D eigenvalue weighted by Gasteiger charge is 2.16. The lowest BCUT2D eigenvalue weighted by atomic mass is 9.97. The monoisotopic (exact) mass is 463 g/mol. The predicted octanol–water partition coefficient (Wildman–Crippen LogP) is 6.14. The van der Waals surface area contributed by atoms with Crippen LogP contribution < -0.4 is 4.74 Å². The lowest BCUT2D eigenvalue weighted by Crippen LogP contribution is -2.17. The van der Waals surface area contributed by atoms with Crippen molar-refractivity contribution >= 4 is 5.97 Å². The number of oxazole rings is 1. The first-order chi connectivity index (χ1) is 16.6. The quantitative estimate of drug-likeness (QED) is 0.368. The molecule has 1 aromatic heterocycles. The van der Waals surface area contributed by atoms with Crippen molar-refractivity contribution in [2.75, 3.05) is 6.61 Å². The lowest BCUT2D eigenvalue weighted by molar-refractivity contribution is -0.136. The molecule has 34 heavy (non-hydrogen) atoms. The third kappa shape index (κ3) is 6.70. The molecule has 1 fully saturated rings. The zero-order valence-corrected chi connectivity index (χ0v) is 19.8. The molecule has 1 heterocycles. The fourth-order valence-corrected chi connectivity index (χ4v) is 4.38. The van der Waals surface area contributed by atoms with Crippen LogP contribution >= 0.6 is 0 Å². The van der Waals surface area contributed by atoms with Crippen LogP contribution in [-0.4, -0.2) is 28.8 Å². The number of hydrogen-bond donors (Lipinski definition) is 1. The summed E-state index contributed by atoms with van der Waals surface area (Å²) < 4.78 is 18.1. The first-order valence-corrected chi connectivity index (χ1v) is 12.2. The lowest BCUT2D eigenvalue weighted by Gasteiger charge is -2.23. The topological polar surface area (TPSA) is 81.8 Å².